The summed E-state index contributed by atoms with van der Waals surface area (Å²) in [4.78, 5) is 25.1. The fourth-order valence-corrected chi connectivity index (χ4v) is 3.34. The quantitative estimate of drug-likeness (QED) is 0.639. The lowest BCUT2D eigenvalue weighted by atomic mass is 9.86. The van der Waals surface area contributed by atoms with E-state index in [1.54, 1.807) is 35.1 Å². The van der Waals surface area contributed by atoms with E-state index in [-0.39, 0.29) is 35.6 Å². The molecule has 2 amide bonds. The van der Waals surface area contributed by atoms with Gasteiger partial charge in [0.15, 0.2) is 0 Å². The zero-order valence-electron chi connectivity index (χ0n) is 16.2. The fraction of sp³-hybridized carbons (Fsp3) is 0.500. The van der Waals surface area contributed by atoms with E-state index < -0.39 is 6.04 Å². The molecule has 2 aromatic rings. The van der Waals surface area contributed by atoms with Crippen molar-refractivity contribution < 1.29 is 14.7 Å². The molecular weight excluding hydrogens is 358 g/mol. The summed E-state index contributed by atoms with van der Waals surface area (Å²) < 4.78 is 1.81. The molecule has 0 spiro atoms. The molecule has 1 aliphatic rings. The van der Waals surface area contributed by atoms with Crippen LogP contribution in [0.2, 0.25) is 0 Å². The highest BCUT2D eigenvalue weighted by Crippen LogP contribution is 2.31. The molecule has 1 aromatic heterocycles. The summed E-state index contributed by atoms with van der Waals surface area (Å²) in [5.74, 6) is 0.0601. The van der Waals surface area contributed by atoms with Gasteiger partial charge in [0.25, 0.3) is 0 Å². The van der Waals surface area contributed by atoms with Crippen LogP contribution in [0.25, 0.3) is 0 Å². The average Bonchev–Trinajstić information content (AvgIpc) is 3.12. The summed E-state index contributed by atoms with van der Waals surface area (Å²) in [7, 11) is 0. The van der Waals surface area contributed by atoms with Gasteiger partial charge in [0.2, 0.25) is 11.8 Å². The monoisotopic (exact) mass is 385 g/mol. The van der Waals surface area contributed by atoms with Gasteiger partial charge in [-0.1, -0.05) is 31.2 Å². The number of phenolic OH excluding ortho intramolecular Hbond substituents is 1. The van der Waals surface area contributed by atoms with Gasteiger partial charge in [-0.25, -0.2) is 4.68 Å². The smallest absolute Gasteiger partial charge is 0.243 e. The largest absolute Gasteiger partial charge is 0.508 e. The van der Waals surface area contributed by atoms with Crippen LogP contribution in [-0.4, -0.2) is 44.0 Å². The lowest BCUT2D eigenvalue weighted by Gasteiger charge is -2.36. The number of amides is 2. The first kappa shape index (κ1) is 19.9. The SMILES string of the molecule is CC(C)CC(=O)N[C@@H](Cc1ccc(O)cc1)C(=O)NC1CC(n2ccnn2)C1. The Kier molecular flexibility index (Phi) is 6.28. The highest BCUT2D eigenvalue weighted by molar-refractivity contribution is 5.88. The van der Waals surface area contributed by atoms with Gasteiger partial charge in [-0.05, 0) is 36.5 Å². The van der Waals surface area contributed by atoms with Crippen LogP contribution in [0, 0.1) is 5.92 Å². The van der Waals surface area contributed by atoms with Gasteiger partial charge in [0.1, 0.15) is 11.8 Å². The Morgan fingerprint density at radius 2 is 1.96 bits per heavy atom. The number of rotatable bonds is 8. The number of carbonyl (C=O) groups is 2. The Bertz CT molecular complexity index is 783. The predicted molar refractivity (Wildman–Crippen MR) is 103 cm³/mol. The van der Waals surface area contributed by atoms with Crippen LogP contribution in [0.15, 0.2) is 36.7 Å². The Morgan fingerprint density at radius 3 is 2.57 bits per heavy atom. The molecule has 1 aliphatic carbocycles. The van der Waals surface area contributed by atoms with Crippen LogP contribution >= 0.6 is 0 Å². The summed E-state index contributed by atoms with van der Waals surface area (Å²) in [6.45, 7) is 3.93. The molecule has 3 N–H and O–H groups in total. The number of benzene rings is 1. The molecule has 0 unspecified atom stereocenters. The third kappa shape index (κ3) is 5.31. The zero-order chi connectivity index (χ0) is 20.1. The van der Waals surface area contributed by atoms with Crippen molar-refractivity contribution in [2.75, 3.05) is 0 Å². The molecule has 0 radical (unpaired) electrons. The highest BCUT2D eigenvalue weighted by Gasteiger charge is 2.34. The van der Waals surface area contributed by atoms with Gasteiger partial charge < -0.3 is 15.7 Å². The van der Waals surface area contributed by atoms with Gasteiger partial charge in [0, 0.05) is 25.1 Å². The first-order valence-corrected chi connectivity index (χ1v) is 9.64. The molecular formula is C20H27N5O3. The number of aromatic hydroxyl groups is 1. The summed E-state index contributed by atoms with van der Waals surface area (Å²) >= 11 is 0. The van der Waals surface area contributed by atoms with Gasteiger partial charge in [0.05, 0.1) is 12.2 Å². The summed E-state index contributed by atoms with van der Waals surface area (Å²) in [6.07, 6.45) is 5.79. The molecule has 0 aliphatic heterocycles. The summed E-state index contributed by atoms with van der Waals surface area (Å²) in [6, 6.07) is 6.33. The molecule has 1 aromatic carbocycles. The van der Waals surface area contributed by atoms with Crippen molar-refractivity contribution in [3.05, 3.63) is 42.2 Å². The maximum Gasteiger partial charge on any atom is 0.243 e. The van der Waals surface area contributed by atoms with Gasteiger partial charge in [-0.3, -0.25) is 9.59 Å². The Hall–Kier alpha value is -2.90. The first-order chi connectivity index (χ1) is 13.4. The minimum atomic E-state index is -0.652. The number of hydrogen-bond donors (Lipinski definition) is 3. The van der Waals surface area contributed by atoms with Crippen LogP contribution in [0.1, 0.15) is 44.7 Å². The standard InChI is InChI=1S/C20H27N5O3/c1-13(2)9-19(27)23-18(10-14-3-5-17(26)6-4-14)20(28)22-15-11-16(12-15)25-8-7-21-24-25/h3-8,13,15-16,18,26H,9-12H2,1-2H3,(H,22,28)(H,23,27)/t15?,16?,18-/m0/s1. The number of carbonyl (C=O) groups excluding carboxylic acids is 2. The van der Waals surface area contributed by atoms with Crippen molar-refractivity contribution in [2.24, 2.45) is 5.92 Å². The van der Waals surface area contributed by atoms with Crippen LogP contribution in [0.3, 0.4) is 0 Å². The van der Waals surface area contributed by atoms with E-state index in [1.165, 1.54) is 0 Å². The number of phenols is 1. The second kappa shape index (κ2) is 8.86. The van der Waals surface area contributed by atoms with Crippen LogP contribution in [0.4, 0.5) is 0 Å². The van der Waals surface area contributed by atoms with E-state index in [2.05, 4.69) is 20.9 Å². The van der Waals surface area contributed by atoms with Gasteiger partial charge >= 0.3 is 0 Å². The van der Waals surface area contributed by atoms with Crippen molar-refractivity contribution in [1.29, 1.82) is 0 Å². The van der Waals surface area contributed by atoms with Crippen molar-refractivity contribution in [2.45, 2.75) is 57.7 Å². The van der Waals surface area contributed by atoms with E-state index in [1.807, 2.05) is 20.0 Å². The third-order valence-electron chi connectivity index (χ3n) is 4.90. The molecule has 1 fully saturated rings. The lowest BCUT2D eigenvalue weighted by molar-refractivity contribution is -0.130. The summed E-state index contributed by atoms with van der Waals surface area (Å²) in [5.41, 5.74) is 0.872. The fourth-order valence-electron chi connectivity index (χ4n) is 3.34. The lowest BCUT2D eigenvalue weighted by Crippen LogP contribution is -2.53. The number of hydrogen-bond acceptors (Lipinski definition) is 5. The number of nitrogens with one attached hydrogen (secondary N) is 2. The Balaban J connectivity index is 1.59. The molecule has 150 valence electrons. The van der Waals surface area contributed by atoms with Gasteiger partial charge in [-0.15, -0.1) is 5.10 Å². The first-order valence-electron chi connectivity index (χ1n) is 9.64. The van der Waals surface area contributed by atoms with Crippen LogP contribution < -0.4 is 10.6 Å². The predicted octanol–water partition coefficient (Wildman–Crippen LogP) is 1.58. The molecule has 1 atom stereocenters. The molecule has 0 saturated heterocycles. The second-order valence-corrected chi connectivity index (χ2v) is 7.80. The van der Waals surface area contributed by atoms with E-state index >= 15 is 0 Å². The summed E-state index contributed by atoms with van der Waals surface area (Å²) in [5, 5.41) is 23.1. The highest BCUT2D eigenvalue weighted by atomic mass is 16.3. The minimum Gasteiger partial charge on any atom is -0.508 e. The second-order valence-electron chi connectivity index (χ2n) is 7.80. The average molecular weight is 385 g/mol. The zero-order valence-corrected chi connectivity index (χ0v) is 16.2. The van der Waals surface area contributed by atoms with Crippen LogP contribution in [0.5, 0.6) is 5.75 Å². The van der Waals surface area contributed by atoms with Crippen molar-refractivity contribution in [3.8, 4) is 5.75 Å². The number of nitrogens with zero attached hydrogens (tertiary/aromatic N) is 3. The molecule has 3 rings (SSSR count). The minimum absolute atomic E-state index is 0.0611. The van der Waals surface area contributed by atoms with E-state index in [0.717, 1.165) is 18.4 Å². The molecule has 1 saturated carbocycles. The molecule has 8 nitrogen and oxygen atoms in total. The molecule has 8 heteroatoms. The molecule has 1 heterocycles. The van der Waals surface area contributed by atoms with Crippen molar-refractivity contribution in [1.82, 2.24) is 25.6 Å². The van der Waals surface area contributed by atoms with E-state index in [0.29, 0.717) is 12.8 Å². The Labute approximate surface area is 164 Å². The maximum absolute atomic E-state index is 12.8. The maximum atomic E-state index is 12.8. The Morgan fingerprint density at radius 1 is 1.25 bits per heavy atom. The topological polar surface area (TPSA) is 109 Å². The third-order valence-corrected chi connectivity index (χ3v) is 4.90. The molecule has 0 bridgehead atoms. The van der Waals surface area contributed by atoms with Gasteiger partial charge in [-0.2, -0.15) is 0 Å². The van der Waals surface area contributed by atoms with Crippen molar-refractivity contribution in [3.63, 3.8) is 0 Å². The molecule has 28 heavy (non-hydrogen) atoms. The van der Waals surface area contributed by atoms with Crippen LogP contribution in [-0.2, 0) is 16.0 Å². The van der Waals surface area contributed by atoms with E-state index in [4.69, 9.17) is 0 Å². The van der Waals surface area contributed by atoms with E-state index in [9.17, 15) is 14.7 Å². The number of aromatic nitrogens is 3. The van der Waals surface area contributed by atoms with Crippen molar-refractivity contribution >= 4 is 11.8 Å². The normalized spacial score (nSPS) is 19.7.